The second kappa shape index (κ2) is 7.08. The Morgan fingerprint density at radius 2 is 1.71 bits per heavy atom. The van der Waals surface area contributed by atoms with Crippen LogP contribution in [0, 0.1) is 5.92 Å². The van der Waals surface area contributed by atoms with E-state index in [0.29, 0.717) is 11.9 Å². The monoisotopic (exact) mass is 286 g/mol. The Labute approximate surface area is 127 Å². The first-order valence-electron chi connectivity index (χ1n) is 8.38. The lowest BCUT2D eigenvalue weighted by Gasteiger charge is -2.31. The van der Waals surface area contributed by atoms with Crippen LogP contribution in [0.25, 0.3) is 0 Å². The van der Waals surface area contributed by atoms with Crippen LogP contribution in [0.4, 0.5) is 0 Å². The van der Waals surface area contributed by atoms with E-state index in [-0.39, 0.29) is 5.92 Å². The number of nitrogens with one attached hydrogen (secondary N) is 1. The Morgan fingerprint density at radius 3 is 2.38 bits per heavy atom. The molecule has 3 rings (SSSR count). The molecule has 21 heavy (non-hydrogen) atoms. The normalized spacial score (nSPS) is 21.5. The number of nitrogens with zero attached hydrogens (tertiary/aromatic N) is 1. The molecular formula is C18H26N2O. The second-order valence-corrected chi connectivity index (χ2v) is 6.53. The van der Waals surface area contributed by atoms with Crippen molar-refractivity contribution < 1.29 is 4.79 Å². The van der Waals surface area contributed by atoms with Gasteiger partial charge in [0.2, 0.25) is 5.91 Å². The third-order valence-electron chi connectivity index (χ3n) is 4.91. The van der Waals surface area contributed by atoms with Crippen molar-refractivity contribution in [3.05, 3.63) is 35.9 Å². The molecule has 1 heterocycles. The number of hydrogen-bond acceptors (Lipinski definition) is 2. The summed E-state index contributed by atoms with van der Waals surface area (Å²) in [6.07, 6.45) is 6.93. The van der Waals surface area contributed by atoms with Crippen molar-refractivity contribution in [2.75, 3.05) is 13.1 Å². The summed E-state index contributed by atoms with van der Waals surface area (Å²) < 4.78 is 0. The highest BCUT2D eigenvalue weighted by molar-refractivity contribution is 5.79. The topological polar surface area (TPSA) is 32.3 Å². The Balaban J connectivity index is 1.43. The van der Waals surface area contributed by atoms with E-state index in [9.17, 15) is 4.79 Å². The number of rotatable bonds is 4. The van der Waals surface area contributed by atoms with Gasteiger partial charge < -0.3 is 5.32 Å². The minimum Gasteiger partial charge on any atom is -0.353 e. The molecule has 0 atom stereocenters. The molecule has 1 aliphatic carbocycles. The van der Waals surface area contributed by atoms with Crippen molar-refractivity contribution >= 4 is 5.91 Å². The zero-order valence-corrected chi connectivity index (χ0v) is 12.8. The summed E-state index contributed by atoms with van der Waals surface area (Å²) in [6.45, 7) is 3.09. The van der Waals surface area contributed by atoms with E-state index in [1.165, 1.54) is 31.2 Å². The maximum Gasteiger partial charge on any atom is 0.223 e. The molecule has 1 aromatic carbocycles. The smallest absolute Gasteiger partial charge is 0.223 e. The van der Waals surface area contributed by atoms with E-state index in [0.717, 1.165) is 32.5 Å². The molecule has 0 radical (unpaired) electrons. The van der Waals surface area contributed by atoms with E-state index < -0.39 is 0 Å². The minimum absolute atomic E-state index is 0.234. The maximum atomic E-state index is 12.3. The van der Waals surface area contributed by atoms with Crippen LogP contribution in [-0.4, -0.2) is 29.9 Å². The van der Waals surface area contributed by atoms with E-state index in [2.05, 4.69) is 40.5 Å². The summed E-state index contributed by atoms with van der Waals surface area (Å²) in [5.41, 5.74) is 1.37. The Bertz CT molecular complexity index is 446. The van der Waals surface area contributed by atoms with E-state index in [1.807, 2.05) is 0 Å². The Kier molecular flexibility index (Phi) is 4.91. The molecule has 0 bridgehead atoms. The molecule has 1 saturated heterocycles. The van der Waals surface area contributed by atoms with Gasteiger partial charge in [-0.2, -0.15) is 0 Å². The van der Waals surface area contributed by atoms with Crippen LogP contribution in [0.3, 0.4) is 0 Å². The number of likely N-dealkylation sites (tertiary alicyclic amines) is 1. The molecule has 3 nitrogen and oxygen atoms in total. The van der Waals surface area contributed by atoms with Crippen LogP contribution < -0.4 is 5.32 Å². The summed E-state index contributed by atoms with van der Waals surface area (Å²) in [5.74, 6) is 0.541. The molecule has 0 aromatic heterocycles. The zero-order chi connectivity index (χ0) is 14.5. The van der Waals surface area contributed by atoms with Crippen LogP contribution in [0.2, 0.25) is 0 Å². The first-order valence-corrected chi connectivity index (χ1v) is 8.38. The molecule has 2 fully saturated rings. The number of piperidine rings is 1. The predicted molar refractivity (Wildman–Crippen MR) is 84.8 cm³/mol. The van der Waals surface area contributed by atoms with Gasteiger partial charge in [0.25, 0.3) is 0 Å². The molecule has 114 valence electrons. The van der Waals surface area contributed by atoms with Gasteiger partial charge >= 0.3 is 0 Å². The van der Waals surface area contributed by atoms with Gasteiger partial charge in [0.15, 0.2) is 0 Å². The molecule has 0 unspecified atom stereocenters. The van der Waals surface area contributed by atoms with E-state index in [4.69, 9.17) is 0 Å². The average Bonchev–Trinajstić information content (AvgIpc) is 3.02. The van der Waals surface area contributed by atoms with Gasteiger partial charge in [-0.1, -0.05) is 43.2 Å². The minimum atomic E-state index is 0.234. The van der Waals surface area contributed by atoms with Crippen molar-refractivity contribution in [3.63, 3.8) is 0 Å². The van der Waals surface area contributed by atoms with Gasteiger partial charge in [-0.15, -0.1) is 0 Å². The van der Waals surface area contributed by atoms with Crippen molar-refractivity contribution in [2.24, 2.45) is 5.92 Å². The standard InChI is InChI=1S/C18H26N2O/c21-18(19-17-8-4-5-9-17)16-10-12-20(13-11-16)14-15-6-2-1-3-7-15/h1-3,6-7,16-17H,4-5,8-14H2,(H,19,21). The van der Waals surface area contributed by atoms with Gasteiger partial charge in [0, 0.05) is 18.5 Å². The van der Waals surface area contributed by atoms with Crippen LogP contribution in [0.5, 0.6) is 0 Å². The summed E-state index contributed by atoms with van der Waals surface area (Å²) in [4.78, 5) is 14.8. The van der Waals surface area contributed by atoms with Gasteiger partial charge in [-0.3, -0.25) is 9.69 Å². The molecule has 3 heteroatoms. The lowest BCUT2D eigenvalue weighted by atomic mass is 9.95. The number of amides is 1. The molecular weight excluding hydrogens is 260 g/mol. The van der Waals surface area contributed by atoms with Crippen molar-refractivity contribution in [1.82, 2.24) is 10.2 Å². The number of hydrogen-bond donors (Lipinski definition) is 1. The van der Waals surface area contributed by atoms with Crippen molar-refractivity contribution in [1.29, 1.82) is 0 Å². The summed E-state index contributed by atoms with van der Waals surface area (Å²) in [5, 5.41) is 3.26. The largest absolute Gasteiger partial charge is 0.353 e. The average molecular weight is 286 g/mol. The second-order valence-electron chi connectivity index (χ2n) is 6.53. The zero-order valence-electron chi connectivity index (χ0n) is 12.8. The van der Waals surface area contributed by atoms with Gasteiger partial charge in [-0.05, 0) is 44.3 Å². The van der Waals surface area contributed by atoms with Crippen molar-refractivity contribution in [2.45, 2.75) is 51.1 Å². The van der Waals surface area contributed by atoms with Gasteiger partial charge in [0.1, 0.15) is 0 Å². The lowest BCUT2D eigenvalue weighted by Crippen LogP contribution is -2.42. The molecule has 1 N–H and O–H groups in total. The third kappa shape index (κ3) is 4.07. The van der Waals surface area contributed by atoms with Crippen LogP contribution >= 0.6 is 0 Å². The van der Waals surface area contributed by atoms with Crippen LogP contribution in [0.15, 0.2) is 30.3 Å². The lowest BCUT2D eigenvalue weighted by molar-refractivity contribution is -0.127. The Morgan fingerprint density at radius 1 is 1.05 bits per heavy atom. The summed E-state index contributed by atoms with van der Waals surface area (Å²) >= 11 is 0. The fourth-order valence-corrected chi connectivity index (χ4v) is 3.58. The van der Waals surface area contributed by atoms with Crippen LogP contribution in [-0.2, 0) is 11.3 Å². The van der Waals surface area contributed by atoms with Crippen molar-refractivity contribution in [3.8, 4) is 0 Å². The highest BCUT2D eigenvalue weighted by Crippen LogP contribution is 2.22. The van der Waals surface area contributed by atoms with Crippen LogP contribution in [0.1, 0.15) is 44.1 Å². The molecule has 0 spiro atoms. The fraction of sp³-hybridized carbons (Fsp3) is 0.611. The number of carbonyl (C=O) groups is 1. The number of benzene rings is 1. The summed E-state index contributed by atoms with van der Waals surface area (Å²) in [6, 6.07) is 11.1. The highest BCUT2D eigenvalue weighted by atomic mass is 16.1. The quantitative estimate of drug-likeness (QED) is 0.923. The molecule has 1 amide bonds. The first kappa shape index (κ1) is 14.6. The summed E-state index contributed by atoms with van der Waals surface area (Å²) in [7, 11) is 0. The molecule has 2 aliphatic rings. The highest BCUT2D eigenvalue weighted by Gasteiger charge is 2.27. The predicted octanol–water partition coefficient (Wildman–Crippen LogP) is 2.96. The fourth-order valence-electron chi connectivity index (χ4n) is 3.58. The maximum absolute atomic E-state index is 12.3. The molecule has 1 saturated carbocycles. The first-order chi connectivity index (χ1) is 10.3. The molecule has 1 aliphatic heterocycles. The Hall–Kier alpha value is -1.35. The van der Waals surface area contributed by atoms with Gasteiger partial charge in [-0.25, -0.2) is 0 Å². The SMILES string of the molecule is O=C(NC1CCCC1)C1CCN(Cc2ccccc2)CC1. The van der Waals surface area contributed by atoms with Gasteiger partial charge in [0.05, 0.1) is 0 Å². The van der Waals surface area contributed by atoms with E-state index in [1.54, 1.807) is 0 Å². The van der Waals surface area contributed by atoms with E-state index >= 15 is 0 Å². The third-order valence-corrected chi connectivity index (χ3v) is 4.91. The number of carbonyl (C=O) groups excluding carboxylic acids is 1. The molecule has 1 aromatic rings.